The number of para-hydroxylation sites is 1. The van der Waals surface area contributed by atoms with Crippen molar-refractivity contribution < 1.29 is 9.59 Å². The van der Waals surface area contributed by atoms with Gasteiger partial charge in [-0.05, 0) is 30.7 Å². The molecule has 0 bridgehead atoms. The van der Waals surface area contributed by atoms with Gasteiger partial charge in [-0.3, -0.25) is 9.59 Å². The maximum absolute atomic E-state index is 12.7. The molecule has 1 saturated heterocycles. The first-order chi connectivity index (χ1) is 12.5. The molecule has 0 saturated carbocycles. The Hall–Kier alpha value is -2.53. The van der Waals surface area contributed by atoms with Gasteiger partial charge in [0, 0.05) is 38.7 Å². The minimum atomic E-state index is -0.158. The molecule has 0 atom stereocenters. The van der Waals surface area contributed by atoms with Crippen LogP contribution in [-0.2, 0) is 4.79 Å². The second-order valence-corrected chi connectivity index (χ2v) is 6.81. The Balaban J connectivity index is 1.83. The van der Waals surface area contributed by atoms with E-state index in [0.717, 1.165) is 11.3 Å². The Morgan fingerprint density at radius 2 is 1.69 bits per heavy atom. The zero-order valence-electron chi connectivity index (χ0n) is 15.0. The molecule has 0 aliphatic carbocycles. The summed E-state index contributed by atoms with van der Waals surface area (Å²) in [4.78, 5) is 28.2. The average Bonchev–Trinajstić information content (AvgIpc) is 2.62. The van der Waals surface area contributed by atoms with Crippen LogP contribution in [0.3, 0.4) is 0 Å². The van der Waals surface area contributed by atoms with Crippen molar-refractivity contribution in [2.45, 2.75) is 13.8 Å². The Kier molecular flexibility index (Phi) is 5.47. The third-order valence-corrected chi connectivity index (χ3v) is 4.97. The normalized spacial score (nSPS) is 14.3. The smallest absolute Gasteiger partial charge is 0.255 e. The second kappa shape index (κ2) is 7.79. The van der Waals surface area contributed by atoms with Crippen LogP contribution in [0.5, 0.6) is 0 Å². The van der Waals surface area contributed by atoms with Crippen molar-refractivity contribution in [1.29, 1.82) is 0 Å². The van der Waals surface area contributed by atoms with Crippen molar-refractivity contribution >= 4 is 34.8 Å². The van der Waals surface area contributed by atoms with Crippen molar-refractivity contribution in [3.05, 3.63) is 58.6 Å². The van der Waals surface area contributed by atoms with Gasteiger partial charge in [-0.15, -0.1) is 0 Å². The predicted octanol–water partition coefficient (Wildman–Crippen LogP) is 3.57. The highest BCUT2D eigenvalue weighted by molar-refractivity contribution is 6.34. The molecule has 0 unspecified atom stereocenters. The first-order valence-corrected chi connectivity index (χ1v) is 9.01. The van der Waals surface area contributed by atoms with E-state index >= 15 is 0 Å². The van der Waals surface area contributed by atoms with Crippen molar-refractivity contribution in [2.75, 3.05) is 36.4 Å². The number of nitrogens with one attached hydrogen (secondary N) is 1. The van der Waals surface area contributed by atoms with Gasteiger partial charge in [0.25, 0.3) is 5.91 Å². The highest BCUT2D eigenvalue weighted by atomic mass is 35.5. The standard InChI is InChI=1S/C20H22ClN3O2/c1-14-6-3-4-7-16(14)20(26)22-18-9-5-8-17(21)19(18)24-12-10-23(11-13-24)15(2)25/h3-9H,10-13H2,1-2H3,(H,22,26). The van der Waals surface area contributed by atoms with Crippen molar-refractivity contribution in [1.82, 2.24) is 4.90 Å². The van der Waals surface area contributed by atoms with Crippen LogP contribution in [0.4, 0.5) is 11.4 Å². The maximum atomic E-state index is 12.7. The van der Waals surface area contributed by atoms with Crippen LogP contribution in [0, 0.1) is 6.92 Å². The summed E-state index contributed by atoms with van der Waals surface area (Å²) in [5.74, 6) is -0.0779. The Bertz CT molecular complexity index is 830. The molecule has 5 nitrogen and oxygen atoms in total. The third-order valence-electron chi connectivity index (χ3n) is 4.67. The van der Waals surface area contributed by atoms with Gasteiger partial charge in [0.05, 0.1) is 16.4 Å². The minimum absolute atomic E-state index is 0.0805. The topological polar surface area (TPSA) is 52.7 Å². The quantitative estimate of drug-likeness (QED) is 0.897. The number of benzene rings is 2. The monoisotopic (exact) mass is 371 g/mol. The van der Waals surface area contributed by atoms with Gasteiger partial charge >= 0.3 is 0 Å². The van der Waals surface area contributed by atoms with E-state index in [1.807, 2.05) is 48.2 Å². The van der Waals surface area contributed by atoms with E-state index < -0.39 is 0 Å². The molecule has 1 aliphatic rings. The van der Waals surface area contributed by atoms with Crippen LogP contribution >= 0.6 is 11.6 Å². The molecule has 0 aromatic heterocycles. The molecule has 26 heavy (non-hydrogen) atoms. The number of amides is 2. The molecule has 2 amide bonds. The van der Waals surface area contributed by atoms with E-state index in [-0.39, 0.29) is 11.8 Å². The molecule has 0 radical (unpaired) electrons. The highest BCUT2D eigenvalue weighted by Gasteiger charge is 2.23. The lowest BCUT2D eigenvalue weighted by Gasteiger charge is -2.37. The summed E-state index contributed by atoms with van der Waals surface area (Å²) in [5, 5.41) is 3.58. The van der Waals surface area contributed by atoms with Gasteiger partial charge in [0.15, 0.2) is 0 Å². The number of carbonyl (C=O) groups excluding carboxylic acids is 2. The lowest BCUT2D eigenvalue weighted by Crippen LogP contribution is -2.48. The molecule has 6 heteroatoms. The molecule has 2 aromatic carbocycles. The Morgan fingerprint density at radius 1 is 1.00 bits per heavy atom. The number of nitrogens with zero attached hydrogens (tertiary/aromatic N) is 2. The summed E-state index contributed by atoms with van der Waals surface area (Å²) in [5.41, 5.74) is 3.05. The fraction of sp³-hybridized carbons (Fsp3) is 0.300. The third kappa shape index (κ3) is 3.83. The van der Waals surface area contributed by atoms with E-state index in [1.54, 1.807) is 13.0 Å². The van der Waals surface area contributed by atoms with Crippen LogP contribution in [0.15, 0.2) is 42.5 Å². The first kappa shape index (κ1) is 18.3. The van der Waals surface area contributed by atoms with Crippen LogP contribution < -0.4 is 10.2 Å². The molecule has 1 heterocycles. The molecule has 1 aliphatic heterocycles. The maximum Gasteiger partial charge on any atom is 0.255 e. The summed E-state index contributed by atoms with van der Waals surface area (Å²) >= 11 is 6.45. The average molecular weight is 372 g/mol. The molecule has 2 aromatic rings. The number of hydrogen-bond donors (Lipinski definition) is 1. The SMILES string of the molecule is CC(=O)N1CCN(c2c(Cl)cccc2NC(=O)c2ccccc2C)CC1. The number of aryl methyl sites for hydroxylation is 1. The van der Waals surface area contributed by atoms with Crippen LogP contribution in [-0.4, -0.2) is 42.9 Å². The molecule has 136 valence electrons. The Morgan fingerprint density at radius 3 is 2.35 bits per heavy atom. The lowest BCUT2D eigenvalue weighted by atomic mass is 10.1. The number of hydrogen-bond acceptors (Lipinski definition) is 3. The second-order valence-electron chi connectivity index (χ2n) is 6.40. The summed E-state index contributed by atoms with van der Waals surface area (Å²) in [6.45, 7) is 6.14. The molecule has 1 N–H and O–H groups in total. The lowest BCUT2D eigenvalue weighted by molar-refractivity contribution is -0.129. The fourth-order valence-electron chi connectivity index (χ4n) is 3.20. The summed E-state index contributed by atoms with van der Waals surface area (Å²) in [6, 6.07) is 13.0. The van der Waals surface area contributed by atoms with E-state index in [4.69, 9.17) is 11.6 Å². The first-order valence-electron chi connectivity index (χ1n) is 8.63. The van der Waals surface area contributed by atoms with Crippen LogP contribution in [0.1, 0.15) is 22.8 Å². The summed E-state index contributed by atoms with van der Waals surface area (Å²) in [7, 11) is 0. The summed E-state index contributed by atoms with van der Waals surface area (Å²) < 4.78 is 0. The fourth-order valence-corrected chi connectivity index (χ4v) is 3.49. The molecule has 0 spiro atoms. The van der Waals surface area contributed by atoms with E-state index in [9.17, 15) is 9.59 Å². The molecular weight excluding hydrogens is 350 g/mol. The van der Waals surface area contributed by atoms with Gasteiger partial charge < -0.3 is 15.1 Å². The largest absolute Gasteiger partial charge is 0.365 e. The zero-order chi connectivity index (χ0) is 18.7. The van der Waals surface area contributed by atoms with Crippen molar-refractivity contribution in [3.63, 3.8) is 0 Å². The van der Waals surface area contributed by atoms with Crippen molar-refractivity contribution in [3.8, 4) is 0 Å². The summed E-state index contributed by atoms with van der Waals surface area (Å²) in [6.07, 6.45) is 0. The van der Waals surface area contributed by atoms with E-state index in [2.05, 4.69) is 10.2 Å². The predicted molar refractivity (Wildman–Crippen MR) is 105 cm³/mol. The molecule has 1 fully saturated rings. The van der Waals surface area contributed by atoms with Crippen LogP contribution in [0.2, 0.25) is 5.02 Å². The van der Waals surface area contributed by atoms with Crippen LogP contribution in [0.25, 0.3) is 0 Å². The van der Waals surface area contributed by atoms with Gasteiger partial charge in [-0.1, -0.05) is 35.9 Å². The number of rotatable bonds is 3. The Labute approximate surface area is 158 Å². The zero-order valence-corrected chi connectivity index (χ0v) is 15.7. The van der Waals surface area contributed by atoms with Gasteiger partial charge in [0.1, 0.15) is 0 Å². The minimum Gasteiger partial charge on any atom is -0.365 e. The van der Waals surface area contributed by atoms with Crippen molar-refractivity contribution in [2.24, 2.45) is 0 Å². The van der Waals surface area contributed by atoms with E-state index in [1.165, 1.54) is 0 Å². The number of halogens is 1. The molecular formula is C20H22ClN3O2. The number of anilines is 2. The van der Waals surface area contributed by atoms with E-state index in [0.29, 0.717) is 42.5 Å². The van der Waals surface area contributed by atoms with Gasteiger partial charge in [-0.2, -0.15) is 0 Å². The van der Waals surface area contributed by atoms with Gasteiger partial charge in [-0.25, -0.2) is 0 Å². The number of piperazine rings is 1. The number of carbonyl (C=O) groups is 2. The molecule has 3 rings (SSSR count). The van der Waals surface area contributed by atoms with Gasteiger partial charge in [0.2, 0.25) is 5.91 Å². The highest BCUT2D eigenvalue weighted by Crippen LogP contribution is 2.35.